The lowest BCUT2D eigenvalue weighted by Crippen LogP contribution is -2.48. The van der Waals surface area contributed by atoms with Crippen molar-refractivity contribution in [1.29, 1.82) is 0 Å². The van der Waals surface area contributed by atoms with Gasteiger partial charge < -0.3 is 14.7 Å². The number of methoxy groups -OCH3 is 1. The van der Waals surface area contributed by atoms with Gasteiger partial charge in [0.05, 0.1) is 19.2 Å². The third kappa shape index (κ3) is 3.01. The van der Waals surface area contributed by atoms with Gasteiger partial charge in [0.25, 0.3) is 5.91 Å². The summed E-state index contributed by atoms with van der Waals surface area (Å²) in [5, 5.41) is 9.61. The molecule has 0 aliphatic carbocycles. The Morgan fingerprint density at radius 2 is 2.14 bits per heavy atom. The molecule has 1 unspecified atom stereocenters. The molecule has 1 aromatic rings. The Balaban J connectivity index is 2.23. The first-order chi connectivity index (χ1) is 9.68. The number of likely N-dealkylation sites (tertiary alicyclic amines) is 1. The van der Waals surface area contributed by atoms with Crippen molar-refractivity contribution < 1.29 is 27.8 Å². The molecule has 1 atom stereocenters. The number of rotatable bonds is 2. The zero-order valence-electron chi connectivity index (χ0n) is 11.1. The molecular formula is C13H13BrF3NO3. The van der Waals surface area contributed by atoms with Crippen LogP contribution in [0.25, 0.3) is 0 Å². The van der Waals surface area contributed by atoms with E-state index >= 15 is 0 Å². The highest BCUT2D eigenvalue weighted by Crippen LogP contribution is 2.38. The van der Waals surface area contributed by atoms with Gasteiger partial charge in [0.1, 0.15) is 5.75 Å². The quantitative estimate of drug-likeness (QED) is 0.873. The number of aliphatic hydroxyl groups is 1. The van der Waals surface area contributed by atoms with Gasteiger partial charge in [-0.3, -0.25) is 4.79 Å². The van der Waals surface area contributed by atoms with E-state index in [1.54, 1.807) is 12.1 Å². The number of carbonyl (C=O) groups is 1. The number of β-amino-alcohol motifs (C(OH)–C–C–N with tert-alkyl or cyclic N) is 1. The zero-order valence-corrected chi connectivity index (χ0v) is 12.7. The third-order valence-corrected chi connectivity index (χ3v) is 4.16. The van der Waals surface area contributed by atoms with Crippen LogP contribution in [0.5, 0.6) is 5.75 Å². The van der Waals surface area contributed by atoms with Gasteiger partial charge in [0, 0.05) is 17.4 Å². The van der Waals surface area contributed by atoms with Crippen LogP contribution in [0.15, 0.2) is 22.7 Å². The number of ether oxygens (including phenoxy) is 1. The summed E-state index contributed by atoms with van der Waals surface area (Å²) in [6.45, 7) is -0.919. The number of benzene rings is 1. The fourth-order valence-electron chi connectivity index (χ4n) is 2.16. The molecular weight excluding hydrogens is 355 g/mol. The van der Waals surface area contributed by atoms with Gasteiger partial charge in [-0.05, 0) is 34.1 Å². The molecule has 1 aliphatic rings. The Morgan fingerprint density at radius 3 is 2.67 bits per heavy atom. The predicted molar refractivity (Wildman–Crippen MR) is 72.2 cm³/mol. The number of hydrogen-bond donors (Lipinski definition) is 1. The molecule has 1 amide bonds. The second-order valence-electron chi connectivity index (χ2n) is 4.85. The average Bonchev–Trinajstić information content (AvgIpc) is 2.82. The standard InChI is InChI=1S/C13H13BrF3NO3/c1-21-8-2-3-10(14)9(6-8)11(19)18-5-4-12(20,7-18)13(15,16)17/h2-3,6,20H,4-5,7H2,1H3. The number of hydrogen-bond acceptors (Lipinski definition) is 3. The van der Waals surface area contributed by atoms with Crippen LogP contribution in [0.1, 0.15) is 16.8 Å². The number of halogens is 4. The van der Waals surface area contributed by atoms with Gasteiger partial charge in [-0.15, -0.1) is 0 Å². The SMILES string of the molecule is COc1ccc(Br)c(C(=O)N2CCC(O)(C(F)(F)F)C2)c1. The van der Waals surface area contributed by atoms with Crippen LogP contribution in [0.3, 0.4) is 0 Å². The van der Waals surface area contributed by atoms with E-state index < -0.39 is 30.7 Å². The molecule has 0 bridgehead atoms. The van der Waals surface area contributed by atoms with Crippen LogP contribution < -0.4 is 4.74 Å². The number of carbonyl (C=O) groups excluding carboxylic acids is 1. The van der Waals surface area contributed by atoms with E-state index in [2.05, 4.69) is 15.9 Å². The first-order valence-electron chi connectivity index (χ1n) is 6.10. The van der Waals surface area contributed by atoms with Gasteiger partial charge in [-0.25, -0.2) is 0 Å². The van der Waals surface area contributed by atoms with Gasteiger partial charge in [-0.1, -0.05) is 0 Å². The van der Waals surface area contributed by atoms with Crippen LogP contribution in [0.4, 0.5) is 13.2 Å². The van der Waals surface area contributed by atoms with Crippen molar-refractivity contribution in [2.24, 2.45) is 0 Å². The highest BCUT2D eigenvalue weighted by molar-refractivity contribution is 9.10. The molecule has 0 saturated carbocycles. The molecule has 1 fully saturated rings. The average molecular weight is 368 g/mol. The third-order valence-electron chi connectivity index (χ3n) is 3.47. The normalized spacial score (nSPS) is 22.5. The van der Waals surface area contributed by atoms with E-state index in [4.69, 9.17) is 4.74 Å². The lowest BCUT2D eigenvalue weighted by atomic mass is 10.0. The molecule has 8 heteroatoms. The molecule has 4 nitrogen and oxygen atoms in total. The molecule has 1 aromatic carbocycles. The molecule has 1 aliphatic heterocycles. The summed E-state index contributed by atoms with van der Waals surface area (Å²) in [4.78, 5) is 13.3. The Morgan fingerprint density at radius 1 is 1.48 bits per heavy atom. The minimum Gasteiger partial charge on any atom is -0.497 e. The maximum Gasteiger partial charge on any atom is 0.419 e. The van der Waals surface area contributed by atoms with Gasteiger partial charge in [0.15, 0.2) is 5.60 Å². The van der Waals surface area contributed by atoms with E-state index in [1.807, 2.05) is 0 Å². The Bertz CT molecular complexity index is 564. The number of alkyl halides is 3. The zero-order chi connectivity index (χ0) is 15.8. The topological polar surface area (TPSA) is 49.8 Å². The van der Waals surface area contributed by atoms with Crippen molar-refractivity contribution in [2.75, 3.05) is 20.2 Å². The molecule has 0 aromatic heterocycles. The minimum atomic E-state index is -4.76. The van der Waals surface area contributed by atoms with Crippen molar-refractivity contribution in [2.45, 2.75) is 18.2 Å². The fraction of sp³-hybridized carbons (Fsp3) is 0.462. The molecule has 0 radical (unpaired) electrons. The summed E-state index contributed by atoms with van der Waals surface area (Å²) in [7, 11) is 1.43. The van der Waals surface area contributed by atoms with Crippen LogP contribution >= 0.6 is 15.9 Å². The Kier molecular flexibility index (Phi) is 4.21. The number of nitrogens with zero attached hydrogens (tertiary/aromatic N) is 1. The molecule has 2 rings (SSSR count). The second kappa shape index (κ2) is 5.49. The molecule has 0 spiro atoms. The van der Waals surface area contributed by atoms with E-state index in [0.29, 0.717) is 10.2 Å². The lowest BCUT2D eigenvalue weighted by molar-refractivity contribution is -0.253. The monoisotopic (exact) mass is 367 g/mol. The van der Waals surface area contributed by atoms with Crippen molar-refractivity contribution in [1.82, 2.24) is 4.90 Å². The number of amides is 1. The largest absolute Gasteiger partial charge is 0.497 e. The van der Waals surface area contributed by atoms with Crippen LogP contribution in [0.2, 0.25) is 0 Å². The maximum absolute atomic E-state index is 12.8. The van der Waals surface area contributed by atoms with Crippen LogP contribution in [-0.2, 0) is 0 Å². The van der Waals surface area contributed by atoms with Crippen molar-refractivity contribution in [3.8, 4) is 5.75 Å². The Hall–Kier alpha value is -1.28. The maximum atomic E-state index is 12.8. The molecule has 1 N–H and O–H groups in total. The highest BCUT2D eigenvalue weighted by atomic mass is 79.9. The highest BCUT2D eigenvalue weighted by Gasteiger charge is 2.57. The molecule has 1 saturated heterocycles. The summed E-state index contributed by atoms with van der Waals surface area (Å²) >= 11 is 3.19. The van der Waals surface area contributed by atoms with Gasteiger partial charge >= 0.3 is 6.18 Å². The first kappa shape index (κ1) is 16.1. The summed E-state index contributed by atoms with van der Waals surface area (Å²) in [5.41, 5.74) is -2.64. The fourth-order valence-corrected chi connectivity index (χ4v) is 2.58. The van der Waals surface area contributed by atoms with Crippen LogP contribution in [-0.4, -0.2) is 47.9 Å². The van der Waals surface area contributed by atoms with E-state index in [0.717, 1.165) is 4.90 Å². The summed E-state index contributed by atoms with van der Waals surface area (Å²) < 4.78 is 43.7. The lowest BCUT2D eigenvalue weighted by Gasteiger charge is -2.26. The summed E-state index contributed by atoms with van der Waals surface area (Å²) in [6.07, 6.45) is -5.28. The predicted octanol–water partition coefficient (Wildman–Crippen LogP) is 2.60. The first-order valence-corrected chi connectivity index (χ1v) is 6.89. The Labute approximate surface area is 127 Å². The van der Waals surface area contributed by atoms with Crippen molar-refractivity contribution in [3.63, 3.8) is 0 Å². The van der Waals surface area contributed by atoms with E-state index in [9.17, 15) is 23.1 Å². The molecule has 116 valence electrons. The smallest absolute Gasteiger partial charge is 0.419 e. The summed E-state index contributed by atoms with van der Waals surface area (Å²) in [6, 6.07) is 4.65. The van der Waals surface area contributed by atoms with Gasteiger partial charge in [0.2, 0.25) is 0 Å². The van der Waals surface area contributed by atoms with Crippen LogP contribution in [0, 0.1) is 0 Å². The van der Waals surface area contributed by atoms with E-state index in [1.165, 1.54) is 13.2 Å². The van der Waals surface area contributed by atoms with Crippen molar-refractivity contribution >= 4 is 21.8 Å². The van der Waals surface area contributed by atoms with Crippen molar-refractivity contribution in [3.05, 3.63) is 28.2 Å². The molecule has 1 heterocycles. The van der Waals surface area contributed by atoms with E-state index in [-0.39, 0.29) is 12.1 Å². The molecule has 21 heavy (non-hydrogen) atoms. The second-order valence-corrected chi connectivity index (χ2v) is 5.71. The van der Waals surface area contributed by atoms with Gasteiger partial charge in [-0.2, -0.15) is 13.2 Å². The summed E-state index contributed by atoms with van der Waals surface area (Å²) in [5.74, 6) is -0.159. The minimum absolute atomic E-state index is 0.154.